The van der Waals surface area contributed by atoms with E-state index in [0.29, 0.717) is 5.56 Å². The first-order valence-electron chi connectivity index (χ1n) is 11.3. The highest BCUT2D eigenvalue weighted by Gasteiger charge is 2.70. The highest BCUT2D eigenvalue weighted by Crippen LogP contribution is 2.54. The van der Waals surface area contributed by atoms with Gasteiger partial charge in [-0.15, -0.1) is 0 Å². The van der Waals surface area contributed by atoms with Gasteiger partial charge in [0, 0.05) is 18.3 Å². The first kappa shape index (κ1) is 23.1. The molecule has 0 spiro atoms. The first-order valence-corrected chi connectivity index (χ1v) is 11.3. The fourth-order valence-corrected chi connectivity index (χ4v) is 6.24. The second kappa shape index (κ2) is 7.93. The van der Waals surface area contributed by atoms with E-state index in [1.165, 1.54) is 6.07 Å². The Kier molecular flexibility index (Phi) is 5.23. The Hall–Kier alpha value is -3.69. The van der Waals surface area contributed by atoms with Crippen molar-refractivity contribution in [3.63, 3.8) is 0 Å². The van der Waals surface area contributed by atoms with Crippen LogP contribution in [0.2, 0.25) is 0 Å². The number of Topliss-reactive ketones (excluding diaryl/α,β-unsaturated/α-hetero) is 4. The Morgan fingerprint density at radius 1 is 1.00 bits per heavy atom. The maximum atomic E-state index is 13.7. The van der Waals surface area contributed by atoms with Gasteiger partial charge in [0.2, 0.25) is 5.91 Å². The zero-order chi connectivity index (χ0) is 25.2. The zero-order valence-corrected chi connectivity index (χ0v) is 18.5. The molecule has 9 nitrogen and oxygen atoms in total. The van der Waals surface area contributed by atoms with Crippen molar-refractivity contribution in [1.82, 2.24) is 0 Å². The molecule has 0 aromatic heterocycles. The largest absolute Gasteiger partial charge is 0.507 e. The molecule has 0 aliphatic heterocycles. The van der Waals surface area contributed by atoms with Crippen LogP contribution in [0.15, 0.2) is 48.5 Å². The number of aliphatic hydroxyl groups excluding tert-OH is 1. The van der Waals surface area contributed by atoms with Gasteiger partial charge in [0.15, 0.2) is 34.7 Å². The van der Waals surface area contributed by atoms with Crippen molar-refractivity contribution in [2.45, 2.75) is 30.5 Å². The topological polar surface area (TPSA) is 172 Å². The number of aliphatic hydroxyl groups is 2. The predicted molar refractivity (Wildman–Crippen MR) is 119 cm³/mol. The van der Waals surface area contributed by atoms with E-state index in [4.69, 9.17) is 5.73 Å². The molecule has 0 bridgehead atoms. The number of carbonyl (C=O) groups is 5. The van der Waals surface area contributed by atoms with Crippen molar-refractivity contribution in [2.24, 2.45) is 29.4 Å². The fourth-order valence-electron chi connectivity index (χ4n) is 6.24. The number of phenols is 1. The van der Waals surface area contributed by atoms with E-state index in [2.05, 4.69) is 0 Å². The molecule has 1 amide bonds. The van der Waals surface area contributed by atoms with E-state index < -0.39 is 76.8 Å². The third kappa shape index (κ3) is 3.11. The van der Waals surface area contributed by atoms with Crippen molar-refractivity contribution < 1.29 is 39.3 Å². The highest BCUT2D eigenvalue weighted by atomic mass is 16.3. The number of fused-ring (bicyclic) bond motifs is 3. The Labute approximate surface area is 199 Å². The number of ketones is 4. The molecule has 3 aliphatic carbocycles. The van der Waals surface area contributed by atoms with Crippen LogP contribution in [0.5, 0.6) is 5.75 Å². The number of benzene rings is 2. The molecule has 180 valence electrons. The van der Waals surface area contributed by atoms with Crippen LogP contribution < -0.4 is 5.73 Å². The quantitative estimate of drug-likeness (QED) is 0.450. The van der Waals surface area contributed by atoms with Gasteiger partial charge < -0.3 is 21.1 Å². The van der Waals surface area contributed by atoms with Crippen LogP contribution in [-0.4, -0.2) is 56.1 Å². The van der Waals surface area contributed by atoms with E-state index in [1.54, 1.807) is 12.1 Å². The summed E-state index contributed by atoms with van der Waals surface area (Å²) in [5.74, 6) is -12.9. The van der Waals surface area contributed by atoms with Gasteiger partial charge in [-0.05, 0) is 29.5 Å². The average Bonchev–Trinajstić information content (AvgIpc) is 2.81. The summed E-state index contributed by atoms with van der Waals surface area (Å²) in [4.78, 5) is 64.7. The SMILES string of the molecule is NC(=O)C1C(=O)C[C@@H]2[C@@H](O)[C@H]3C(C(=O)c4c(O)cccc4[C@@H]3Cc3ccccc3)C(=O)[C@]2(O)C1=O. The maximum absolute atomic E-state index is 13.7. The Morgan fingerprint density at radius 2 is 1.69 bits per heavy atom. The van der Waals surface area contributed by atoms with E-state index >= 15 is 0 Å². The minimum Gasteiger partial charge on any atom is -0.507 e. The minimum absolute atomic E-state index is 0.108. The molecule has 5 rings (SSSR count). The number of phenolic OH excluding ortho intramolecular Hbond substituents is 1. The molecule has 0 saturated heterocycles. The van der Waals surface area contributed by atoms with Gasteiger partial charge in [-0.1, -0.05) is 42.5 Å². The molecule has 5 N–H and O–H groups in total. The van der Waals surface area contributed by atoms with Crippen LogP contribution in [-0.2, 0) is 25.6 Å². The molecule has 2 fully saturated rings. The van der Waals surface area contributed by atoms with Crippen LogP contribution >= 0.6 is 0 Å². The summed E-state index contributed by atoms with van der Waals surface area (Å²) in [6.07, 6.45) is -1.93. The lowest BCUT2D eigenvalue weighted by molar-refractivity contribution is -0.189. The molecule has 0 radical (unpaired) electrons. The normalized spacial score (nSPS) is 34.1. The number of rotatable bonds is 3. The molecule has 0 heterocycles. The number of hydrogen-bond acceptors (Lipinski definition) is 8. The van der Waals surface area contributed by atoms with Crippen LogP contribution in [0, 0.1) is 23.7 Å². The molecule has 2 saturated carbocycles. The van der Waals surface area contributed by atoms with Crippen LogP contribution in [0.1, 0.15) is 33.8 Å². The van der Waals surface area contributed by atoms with Crippen molar-refractivity contribution >= 4 is 29.0 Å². The Balaban J connectivity index is 1.69. The van der Waals surface area contributed by atoms with Crippen LogP contribution in [0.3, 0.4) is 0 Å². The van der Waals surface area contributed by atoms with Gasteiger partial charge >= 0.3 is 0 Å². The fraction of sp³-hybridized carbons (Fsp3) is 0.346. The van der Waals surface area contributed by atoms with Crippen LogP contribution in [0.25, 0.3) is 0 Å². The number of aromatic hydroxyl groups is 1. The second-order valence-corrected chi connectivity index (χ2v) is 9.55. The molecular formula is C26H23NO8. The predicted octanol–water partition coefficient (Wildman–Crippen LogP) is 0.0815. The number of carbonyl (C=O) groups excluding carboxylic acids is 5. The third-order valence-electron chi connectivity index (χ3n) is 7.82. The summed E-state index contributed by atoms with van der Waals surface area (Å²) >= 11 is 0. The number of primary amides is 1. The molecule has 2 aromatic rings. The molecule has 2 unspecified atom stereocenters. The average molecular weight is 477 g/mol. The molecule has 3 aliphatic rings. The van der Waals surface area contributed by atoms with Gasteiger partial charge in [0.05, 0.1) is 17.6 Å². The van der Waals surface area contributed by atoms with E-state index in [9.17, 15) is 39.3 Å². The highest BCUT2D eigenvalue weighted by molar-refractivity contribution is 6.31. The maximum Gasteiger partial charge on any atom is 0.235 e. The third-order valence-corrected chi connectivity index (χ3v) is 7.82. The number of hydrogen-bond donors (Lipinski definition) is 4. The van der Waals surface area contributed by atoms with Crippen molar-refractivity contribution in [3.8, 4) is 5.75 Å². The molecular weight excluding hydrogens is 454 g/mol. The molecule has 35 heavy (non-hydrogen) atoms. The van der Waals surface area contributed by atoms with Crippen molar-refractivity contribution in [3.05, 3.63) is 65.2 Å². The molecule has 2 aromatic carbocycles. The van der Waals surface area contributed by atoms with Gasteiger partial charge in [0.1, 0.15) is 5.75 Å². The number of nitrogens with two attached hydrogens (primary N) is 1. The van der Waals surface area contributed by atoms with Gasteiger partial charge in [-0.25, -0.2) is 0 Å². The van der Waals surface area contributed by atoms with Gasteiger partial charge in [-0.2, -0.15) is 0 Å². The van der Waals surface area contributed by atoms with Crippen molar-refractivity contribution in [2.75, 3.05) is 0 Å². The summed E-state index contributed by atoms with van der Waals surface area (Å²) in [5, 5.41) is 33.3. The van der Waals surface area contributed by atoms with Crippen molar-refractivity contribution in [1.29, 1.82) is 0 Å². The van der Waals surface area contributed by atoms with Gasteiger partial charge in [0.25, 0.3) is 0 Å². The lowest BCUT2D eigenvalue weighted by Crippen LogP contribution is -2.72. The summed E-state index contributed by atoms with van der Waals surface area (Å²) in [5.41, 5.74) is 3.43. The molecule has 9 heteroatoms. The number of amides is 1. The first-order chi connectivity index (χ1) is 16.6. The second-order valence-electron chi connectivity index (χ2n) is 9.55. The Morgan fingerprint density at radius 3 is 2.34 bits per heavy atom. The summed E-state index contributed by atoms with van der Waals surface area (Å²) in [6, 6.07) is 13.6. The summed E-state index contributed by atoms with van der Waals surface area (Å²) in [7, 11) is 0. The smallest absolute Gasteiger partial charge is 0.235 e. The minimum atomic E-state index is -2.93. The van der Waals surface area contributed by atoms with E-state index in [1.807, 2.05) is 30.3 Å². The van der Waals surface area contributed by atoms with Gasteiger partial charge in [-0.3, -0.25) is 24.0 Å². The van der Waals surface area contributed by atoms with Crippen LogP contribution in [0.4, 0.5) is 0 Å². The standard InChI is InChI=1S/C26H23NO8/c27-25(34)19-16(29)10-14-21(30)18-13(9-11-5-2-1-3-6-11)12-7-4-8-15(28)17(12)22(31)20(18)24(33)26(14,35)23(19)32/h1-8,13-14,18-21,28,30,35H,9-10H2,(H2,27,34)/t13-,14+,18+,19?,20?,21+,26+/m0/s1. The lowest BCUT2D eigenvalue weighted by Gasteiger charge is -2.53. The lowest BCUT2D eigenvalue weighted by atomic mass is 9.50. The molecule has 7 atom stereocenters. The Bertz CT molecular complexity index is 1290. The summed E-state index contributed by atoms with van der Waals surface area (Å²) in [6.45, 7) is 0. The summed E-state index contributed by atoms with van der Waals surface area (Å²) < 4.78 is 0. The zero-order valence-electron chi connectivity index (χ0n) is 18.5. The monoisotopic (exact) mass is 477 g/mol. The van der Waals surface area contributed by atoms with E-state index in [-0.39, 0.29) is 17.7 Å². The van der Waals surface area contributed by atoms with E-state index in [0.717, 1.165) is 5.56 Å².